The fourth-order valence-corrected chi connectivity index (χ4v) is 5.71. The zero-order chi connectivity index (χ0) is 25.2. The molecule has 0 unspecified atom stereocenters. The van der Waals surface area contributed by atoms with E-state index in [-0.39, 0.29) is 16.2 Å². The molecule has 1 aliphatic rings. The van der Waals surface area contributed by atoms with Crippen LogP contribution in [0.5, 0.6) is 0 Å². The van der Waals surface area contributed by atoms with Crippen molar-refractivity contribution in [1.82, 2.24) is 4.31 Å². The quantitative estimate of drug-likeness (QED) is 0.494. The van der Waals surface area contributed by atoms with Crippen molar-refractivity contribution in [2.24, 2.45) is 0 Å². The SMILES string of the molecule is CCc1ccc(NC(=O)CN2C(C(=O)OC)=C(c3ccccc3)c3cc(Cl)ccc3S2(=O)=O)cc1. The molecular weight excluding hydrogens is 488 g/mol. The molecule has 1 amide bonds. The standard InChI is InChI=1S/C26H23ClN2O5S/c1-3-17-9-12-20(13-10-17)28-23(30)16-29-25(26(31)34-2)24(18-7-5-4-6-8-18)21-15-19(27)11-14-22(21)35(29,32)33/h4-15H,3,16H2,1-2H3,(H,28,30). The number of methoxy groups -OCH3 is 1. The molecule has 0 aliphatic carbocycles. The first kappa shape index (κ1) is 24.5. The Kier molecular flexibility index (Phi) is 6.95. The van der Waals surface area contributed by atoms with Crippen LogP contribution < -0.4 is 5.32 Å². The number of esters is 1. The number of carbonyl (C=O) groups is 2. The lowest BCUT2D eigenvalue weighted by atomic mass is 9.95. The Hall–Kier alpha value is -3.62. The van der Waals surface area contributed by atoms with E-state index in [1.165, 1.54) is 18.2 Å². The Labute approximate surface area is 209 Å². The number of ether oxygens (including phenoxy) is 1. The second-order valence-electron chi connectivity index (χ2n) is 7.83. The first-order chi connectivity index (χ1) is 16.8. The summed E-state index contributed by atoms with van der Waals surface area (Å²) in [5.41, 5.74) is 2.50. The largest absolute Gasteiger partial charge is 0.464 e. The van der Waals surface area contributed by atoms with Gasteiger partial charge in [0.1, 0.15) is 12.2 Å². The van der Waals surface area contributed by atoms with Crippen molar-refractivity contribution >= 4 is 44.8 Å². The monoisotopic (exact) mass is 510 g/mol. The molecule has 7 nitrogen and oxygen atoms in total. The van der Waals surface area contributed by atoms with Crippen LogP contribution in [0.1, 0.15) is 23.6 Å². The van der Waals surface area contributed by atoms with E-state index in [0.717, 1.165) is 23.4 Å². The second kappa shape index (κ2) is 9.93. The number of rotatable bonds is 6. The first-order valence-corrected chi connectivity index (χ1v) is 12.7. The maximum absolute atomic E-state index is 13.7. The van der Waals surface area contributed by atoms with Gasteiger partial charge in [-0.05, 0) is 47.9 Å². The van der Waals surface area contributed by atoms with Crippen LogP contribution in [-0.2, 0) is 30.8 Å². The highest BCUT2D eigenvalue weighted by atomic mass is 35.5. The third kappa shape index (κ3) is 4.80. The highest BCUT2D eigenvalue weighted by molar-refractivity contribution is 7.89. The summed E-state index contributed by atoms with van der Waals surface area (Å²) in [5.74, 6) is -1.50. The van der Waals surface area contributed by atoms with Crippen LogP contribution in [-0.4, -0.2) is 38.3 Å². The molecule has 35 heavy (non-hydrogen) atoms. The lowest BCUT2D eigenvalue weighted by Crippen LogP contribution is -2.43. The molecule has 0 bridgehead atoms. The summed E-state index contributed by atoms with van der Waals surface area (Å²) < 4.78 is 33.1. The number of hydrogen-bond donors (Lipinski definition) is 1. The molecular formula is C26H23ClN2O5S. The lowest BCUT2D eigenvalue weighted by Gasteiger charge is -2.32. The van der Waals surface area contributed by atoms with Crippen LogP contribution >= 0.6 is 11.6 Å². The van der Waals surface area contributed by atoms with Crippen molar-refractivity contribution in [3.05, 3.63) is 100 Å². The summed E-state index contributed by atoms with van der Waals surface area (Å²) in [7, 11) is -3.13. The summed E-state index contributed by atoms with van der Waals surface area (Å²) in [6.07, 6.45) is 0.846. The number of sulfonamides is 1. The summed E-state index contributed by atoms with van der Waals surface area (Å²) in [6.45, 7) is 1.39. The number of fused-ring (bicyclic) bond motifs is 1. The third-order valence-electron chi connectivity index (χ3n) is 5.64. The van der Waals surface area contributed by atoms with Gasteiger partial charge in [0.2, 0.25) is 5.91 Å². The minimum Gasteiger partial charge on any atom is -0.464 e. The van der Waals surface area contributed by atoms with E-state index in [1.54, 1.807) is 42.5 Å². The minimum atomic E-state index is -4.29. The smallest absolute Gasteiger partial charge is 0.356 e. The molecule has 4 rings (SSSR count). The average Bonchev–Trinajstić information content (AvgIpc) is 2.86. The lowest BCUT2D eigenvalue weighted by molar-refractivity contribution is -0.137. The van der Waals surface area contributed by atoms with Gasteiger partial charge in [-0.3, -0.25) is 4.79 Å². The fourth-order valence-electron chi connectivity index (χ4n) is 3.93. The molecule has 0 saturated heterocycles. The van der Waals surface area contributed by atoms with Crippen LogP contribution in [0.15, 0.2) is 83.4 Å². The maximum Gasteiger partial charge on any atom is 0.356 e. The van der Waals surface area contributed by atoms with Crippen molar-refractivity contribution in [3.8, 4) is 0 Å². The van der Waals surface area contributed by atoms with Gasteiger partial charge in [-0.15, -0.1) is 0 Å². The number of nitrogens with zero attached hydrogens (tertiary/aromatic N) is 1. The Morgan fingerprint density at radius 3 is 2.31 bits per heavy atom. The van der Waals surface area contributed by atoms with Crippen LogP contribution in [0.4, 0.5) is 5.69 Å². The zero-order valence-electron chi connectivity index (χ0n) is 19.1. The Bertz CT molecular complexity index is 1420. The third-order valence-corrected chi connectivity index (χ3v) is 7.68. The van der Waals surface area contributed by atoms with Crippen molar-refractivity contribution in [2.75, 3.05) is 19.0 Å². The Morgan fingerprint density at radius 1 is 1.00 bits per heavy atom. The Morgan fingerprint density at radius 2 is 1.69 bits per heavy atom. The highest BCUT2D eigenvalue weighted by Crippen LogP contribution is 2.41. The molecule has 180 valence electrons. The van der Waals surface area contributed by atoms with E-state index in [0.29, 0.717) is 21.8 Å². The number of benzene rings is 3. The van der Waals surface area contributed by atoms with E-state index in [9.17, 15) is 18.0 Å². The summed E-state index contributed by atoms with van der Waals surface area (Å²) in [4.78, 5) is 25.9. The van der Waals surface area contributed by atoms with E-state index < -0.39 is 28.4 Å². The topological polar surface area (TPSA) is 92.8 Å². The average molecular weight is 511 g/mol. The molecule has 0 saturated carbocycles. The van der Waals surface area contributed by atoms with Gasteiger partial charge >= 0.3 is 5.97 Å². The molecule has 0 atom stereocenters. The molecule has 9 heteroatoms. The van der Waals surface area contributed by atoms with Gasteiger partial charge in [-0.1, -0.05) is 61.0 Å². The number of amides is 1. The number of nitrogens with one attached hydrogen (secondary N) is 1. The zero-order valence-corrected chi connectivity index (χ0v) is 20.7. The summed E-state index contributed by atoms with van der Waals surface area (Å²) in [5, 5.41) is 3.01. The van der Waals surface area contributed by atoms with E-state index in [1.807, 2.05) is 19.1 Å². The van der Waals surface area contributed by atoms with Crippen molar-refractivity contribution in [2.45, 2.75) is 18.2 Å². The first-order valence-electron chi connectivity index (χ1n) is 10.9. The van der Waals surface area contributed by atoms with Crippen molar-refractivity contribution < 1.29 is 22.7 Å². The number of carbonyl (C=O) groups excluding carboxylic acids is 2. The van der Waals surface area contributed by atoms with Crippen molar-refractivity contribution in [3.63, 3.8) is 0 Å². The van der Waals surface area contributed by atoms with E-state index in [4.69, 9.17) is 16.3 Å². The van der Waals surface area contributed by atoms with Crippen LogP contribution in [0, 0.1) is 0 Å². The summed E-state index contributed by atoms with van der Waals surface area (Å²) >= 11 is 6.20. The fraction of sp³-hybridized carbons (Fsp3) is 0.154. The second-order valence-corrected chi connectivity index (χ2v) is 10.1. The van der Waals surface area contributed by atoms with Gasteiger partial charge in [-0.25, -0.2) is 17.5 Å². The predicted molar refractivity (Wildman–Crippen MR) is 134 cm³/mol. The molecule has 0 radical (unpaired) electrons. The van der Waals surface area contributed by atoms with Gasteiger partial charge in [-0.2, -0.15) is 0 Å². The van der Waals surface area contributed by atoms with Gasteiger partial charge in [0.05, 0.1) is 12.0 Å². The minimum absolute atomic E-state index is 0.0616. The molecule has 0 fully saturated rings. The Balaban J connectivity index is 1.85. The molecule has 3 aromatic rings. The van der Waals surface area contributed by atoms with Crippen LogP contribution in [0.2, 0.25) is 5.02 Å². The maximum atomic E-state index is 13.7. The number of hydrogen-bond acceptors (Lipinski definition) is 5. The van der Waals surface area contributed by atoms with Crippen LogP contribution in [0.25, 0.3) is 5.57 Å². The van der Waals surface area contributed by atoms with E-state index >= 15 is 0 Å². The number of aryl methyl sites for hydroxylation is 1. The number of anilines is 1. The normalized spacial score (nSPS) is 14.3. The number of halogens is 1. The molecule has 1 N–H and O–H groups in total. The molecule has 0 aromatic heterocycles. The predicted octanol–water partition coefficient (Wildman–Crippen LogP) is 4.48. The molecule has 1 aliphatic heterocycles. The van der Waals surface area contributed by atoms with Gasteiger partial charge in [0.15, 0.2) is 0 Å². The van der Waals surface area contributed by atoms with E-state index in [2.05, 4.69) is 5.32 Å². The molecule has 3 aromatic carbocycles. The van der Waals surface area contributed by atoms with Crippen molar-refractivity contribution in [1.29, 1.82) is 0 Å². The molecule has 0 spiro atoms. The van der Waals surface area contributed by atoms with Gasteiger partial charge in [0, 0.05) is 21.8 Å². The highest BCUT2D eigenvalue weighted by Gasteiger charge is 2.41. The molecule has 1 heterocycles. The summed E-state index contributed by atoms with van der Waals surface area (Å²) in [6, 6.07) is 20.4. The van der Waals surface area contributed by atoms with Gasteiger partial charge < -0.3 is 10.1 Å². The van der Waals surface area contributed by atoms with Crippen LogP contribution in [0.3, 0.4) is 0 Å². The van der Waals surface area contributed by atoms with Gasteiger partial charge in [0.25, 0.3) is 10.0 Å².